The molecule has 0 aromatic heterocycles. The molecule has 0 N–H and O–H groups in total. The Bertz CT molecular complexity index is 356. The fourth-order valence-electron chi connectivity index (χ4n) is 4.31. The van der Waals surface area contributed by atoms with Crippen LogP contribution in [0.25, 0.3) is 0 Å². The molecule has 1 amide bonds. The summed E-state index contributed by atoms with van der Waals surface area (Å²) in [5.41, 5.74) is 0.245. The number of hydrogen-bond donors (Lipinski definition) is 0. The minimum Gasteiger partial charge on any atom is -0.334 e. The lowest BCUT2D eigenvalue weighted by atomic mass is 9.82. The van der Waals surface area contributed by atoms with Gasteiger partial charge in [-0.05, 0) is 46.0 Å². The van der Waals surface area contributed by atoms with E-state index in [9.17, 15) is 4.79 Å². The molecule has 4 aliphatic rings. The van der Waals surface area contributed by atoms with Crippen LogP contribution in [0, 0.1) is 5.92 Å². The van der Waals surface area contributed by atoms with Gasteiger partial charge in [-0.25, -0.2) is 0 Å². The predicted molar refractivity (Wildman–Crippen MR) is 81.6 cm³/mol. The second kappa shape index (κ2) is 5.32. The summed E-state index contributed by atoms with van der Waals surface area (Å²) in [6.07, 6.45) is 8.67. The molecule has 4 fully saturated rings. The van der Waals surface area contributed by atoms with Crippen molar-refractivity contribution in [3.63, 3.8) is 0 Å². The van der Waals surface area contributed by atoms with Gasteiger partial charge >= 0.3 is 0 Å². The highest BCUT2D eigenvalue weighted by atomic mass is 16.2. The Hall–Kier alpha value is -0.570. The number of piperidine rings is 1. The van der Waals surface area contributed by atoms with Crippen molar-refractivity contribution in [1.82, 2.24) is 9.80 Å². The molecule has 4 rings (SSSR count). The smallest absolute Gasteiger partial charge is 0.223 e. The van der Waals surface area contributed by atoms with Gasteiger partial charge in [0.1, 0.15) is 0 Å². The summed E-state index contributed by atoms with van der Waals surface area (Å²) in [6.45, 7) is 9.01. The van der Waals surface area contributed by atoms with Crippen molar-refractivity contribution in [1.29, 1.82) is 0 Å². The quantitative estimate of drug-likeness (QED) is 0.775. The van der Waals surface area contributed by atoms with Crippen LogP contribution in [0.3, 0.4) is 0 Å². The number of carbonyl (C=O) groups is 1. The molecule has 0 aromatic carbocycles. The number of amides is 1. The van der Waals surface area contributed by atoms with Crippen LogP contribution in [0.2, 0.25) is 0 Å². The van der Waals surface area contributed by atoms with Gasteiger partial charge in [0.15, 0.2) is 0 Å². The van der Waals surface area contributed by atoms with E-state index in [1.165, 1.54) is 38.5 Å². The second-order valence-corrected chi connectivity index (χ2v) is 8.13. The van der Waals surface area contributed by atoms with E-state index in [2.05, 4.69) is 30.6 Å². The van der Waals surface area contributed by atoms with Crippen molar-refractivity contribution >= 4 is 5.91 Å². The van der Waals surface area contributed by atoms with Gasteiger partial charge in [0.2, 0.25) is 5.91 Å². The summed E-state index contributed by atoms with van der Waals surface area (Å²) in [5.74, 6) is 1.13. The average molecular weight is 278 g/mol. The Balaban J connectivity index is 1.54. The van der Waals surface area contributed by atoms with Crippen LogP contribution >= 0.6 is 0 Å². The maximum Gasteiger partial charge on any atom is 0.223 e. The van der Waals surface area contributed by atoms with Gasteiger partial charge in [0, 0.05) is 37.1 Å². The van der Waals surface area contributed by atoms with Crippen LogP contribution < -0.4 is 0 Å². The zero-order valence-corrected chi connectivity index (χ0v) is 13.4. The van der Waals surface area contributed by atoms with Crippen LogP contribution in [0.5, 0.6) is 0 Å². The van der Waals surface area contributed by atoms with Gasteiger partial charge < -0.3 is 4.90 Å². The van der Waals surface area contributed by atoms with Crippen LogP contribution in [0.4, 0.5) is 0 Å². The van der Waals surface area contributed by atoms with E-state index in [4.69, 9.17) is 0 Å². The van der Waals surface area contributed by atoms with Crippen molar-refractivity contribution in [2.75, 3.05) is 13.1 Å². The van der Waals surface area contributed by atoms with E-state index in [0.717, 1.165) is 19.5 Å². The number of rotatable bonds is 2. The first-order chi connectivity index (χ1) is 9.45. The Morgan fingerprint density at radius 3 is 2.20 bits per heavy atom. The number of piperazine rings is 1. The van der Waals surface area contributed by atoms with E-state index in [0.29, 0.717) is 23.9 Å². The highest BCUT2D eigenvalue weighted by molar-refractivity contribution is 5.78. The predicted octanol–water partition coefficient (Wildman–Crippen LogP) is 3.04. The minimum atomic E-state index is 0.245. The Morgan fingerprint density at radius 2 is 1.65 bits per heavy atom. The van der Waals surface area contributed by atoms with Gasteiger partial charge in [0.05, 0.1) is 0 Å². The summed E-state index contributed by atoms with van der Waals surface area (Å²) < 4.78 is 0. The van der Waals surface area contributed by atoms with Gasteiger partial charge in [-0.2, -0.15) is 0 Å². The van der Waals surface area contributed by atoms with Crippen LogP contribution in [-0.4, -0.2) is 46.4 Å². The number of hydrogen-bond acceptors (Lipinski definition) is 2. The summed E-state index contributed by atoms with van der Waals surface area (Å²) in [5, 5.41) is 0. The minimum absolute atomic E-state index is 0.245. The van der Waals surface area contributed by atoms with E-state index in [1.807, 2.05) is 0 Å². The largest absolute Gasteiger partial charge is 0.334 e. The van der Waals surface area contributed by atoms with Gasteiger partial charge in [-0.15, -0.1) is 0 Å². The van der Waals surface area contributed by atoms with Crippen molar-refractivity contribution in [2.24, 2.45) is 5.92 Å². The molecule has 2 unspecified atom stereocenters. The van der Waals surface area contributed by atoms with E-state index < -0.39 is 0 Å². The lowest BCUT2D eigenvalue weighted by Crippen LogP contribution is -2.72. The molecule has 0 aromatic rings. The van der Waals surface area contributed by atoms with Crippen LogP contribution in [0.1, 0.15) is 65.7 Å². The monoisotopic (exact) mass is 278 g/mol. The molecule has 3 aliphatic heterocycles. The number of carbonyl (C=O) groups excluding carboxylic acids is 1. The molecular formula is C17H30N2O. The lowest BCUT2D eigenvalue weighted by molar-refractivity contribution is -0.159. The third-order valence-electron chi connectivity index (χ3n) is 5.62. The molecule has 114 valence electrons. The third-order valence-corrected chi connectivity index (χ3v) is 5.62. The fraction of sp³-hybridized carbons (Fsp3) is 0.941. The standard InChI is InChI=1S/C17H30N2O/c1-17(2,3)18-11-14-10-15(12-18)19(14)16(20)9-13-7-5-4-6-8-13/h13-15H,4-12H2,1-3H3. The van der Waals surface area contributed by atoms with Crippen molar-refractivity contribution in [3.05, 3.63) is 0 Å². The van der Waals surface area contributed by atoms with E-state index in [1.54, 1.807) is 0 Å². The van der Waals surface area contributed by atoms with Crippen LogP contribution in [-0.2, 0) is 4.79 Å². The zero-order chi connectivity index (χ0) is 14.3. The highest BCUT2D eigenvalue weighted by Gasteiger charge is 2.48. The fourth-order valence-corrected chi connectivity index (χ4v) is 4.31. The van der Waals surface area contributed by atoms with Gasteiger partial charge in [-0.1, -0.05) is 19.3 Å². The molecule has 3 saturated heterocycles. The topological polar surface area (TPSA) is 23.6 Å². The first-order valence-corrected chi connectivity index (χ1v) is 8.51. The maximum atomic E-state index is 12.6. The first kappa shape index (κ1) is 14.4. The summed E-state index contributed by atoms with van der Waals surface area (Å²) in [6, 6.07) is 1.01. The number of nitrogens with zero attached hydrogens (tertiary/aromatic N) is 2. The zero-order valence-electron chi connectivity index (χ0n) is 13.4. The van der Waals surface area contributed by atoms with Crippen LogP contribution in [0.15, 0.2) is 0 Å². The Labute approximate surface area is 123 Å². The van der Waals surface area contributed by atoms with Gasteiger partial charge in [0.25, 0.3) is 0 Å². The molecule has 0 radical (unpaired) electrons. The third kappa shape index (κ3) is 2.74. The lowest BCUT2D eigenvalue weighted by Gasteiger charge is -2.59. The molecule has 3 nitrogen and oxygen atoms in total. The molecule has 20 heavy (non-hydrogen) atoms. The van der Waals surface area contributed by atoms with Crippen molar-refractivity contribution in [2.45, 2.75) is 83.3 Å². The highest BCUT2D eigenvalue weighted by Crippen LogP contribution is 2.37. The molecule has 0 spiro atoms. The normalized spacial score (nSPS) is 32.0. The van der Waals surface area contributed by atoms with E-state index in [-0.39, 0.29) is 5.54 Å². The second-order valence-electron chi connectivity index (χ2n) is 8.13. The summed E-state index contributed by atoms with van der Waals surface area (Å²) >= 11 is 0. The Morgan fingerprint density at radius 1 is 1.05 bits per heavy atom. The molecular weight excluding hydrogens is 248 g/mol. The molecule has 3 heteroatoms. The van der Waals surface area contributed by atoms with Gasteiger partial charge in [-0.3, -0.25) is 9.69 Å². The first-order valence-electron chi connectivity index (χ1n) is 8.51. The van der Waals surface area contributed by atoms with Crippen molar-refractivity contribution < 1.29 is 4.79 Å². The summed E-state index contributed by atoms with van der Waals surface area (Å²) in [7, 11) is 0. The molecule has 2 atom stereocenters. The SMILES string of the molecule is CC(C)(C)N1CC2CC(C1)N2C(=O)CC1CCCCC1. The molecule has 1 aliphatic carbocycles. The average Bonchev–Trinajstić information content (AvgIpc) is 2.38. The molecule has 2 bridgehead atoms. The molecule has 3 heterocycles. The van der Waals surface area contributed by atoms with E-state index >= 15 is 0 Å². The maximum absolute atomic E-state index is 12.6. The molecule has 1 saturated carbocycles. The van der Waals surface area contributed by atoms with Crippen molar-refractivity contribution in [3.8, 4) is 0 Å². The summed E-state index contributed by atoms with van der Waals surface area (Å²) in [4.78, 5) is 17.4. The Kier molecular flexibility index (Phi) is 3.83. The number of fused-ring (bicyclic) bond motifs is 2.